The maximum atomic E-state index is 12.6. The molecular formula is C14H25N5OS. The zero-order valence-electron chi connectivity index (χ0n) is 13.3. The van der Waals surface area contributed by atoms with Crippen molar-refractivity contribution in [1.29, 1.82) is 0 Å². The Kier molecular flexibility index (Phi) is 5.05. The molecule has 0 unspecified atom stereocenters. The summed E-state index contributed by atoms with van der Waals surface area (Å²) in [7, 11) is 6.14. The molecule has 1 fully saturated rings. The van der Waals surface area contributed by atoms with Gasteiger partial charge in [-0.25, -0.2) is 4.98 Å². The third-order valence-electron chi connectivity index (χ3n) is 4.12. The van der Waals surface area contributed by atoms with E-state index in [1.54, 1.807) is 0 Å². The van der Waals surface area contributed by atoms with Crippen LogP contribution in [0.3, 0.4) is 0 Å². The Balaban J connectivity index is 2.06. The molecule has 7 heteroatoms. The highest BCUT2D eigenvalue weighted by molar-refractivity contribution is 7.18. The monoisotopic (exact) mass is 311 g/mol. The Hall–Kier alpha value is -1.34. The topological polar surface area (TPSA) is 65.7 Å². The number of nitrogen functional groups attached to an aromatic ring is 1. The smallest absolute Gasteiger partial charge is 0.267 e. The van der Waals surface area contributed by atoms with E-state index in [0.717, 1.165) is 37.6 Å². The fourth-order valence-electron chi connectivity index (χ4n) is 2.50. The maximum absolute atomic E-state index is 12.6. The molecule has 0 saturated carbocycles. The van der Waals surface area contributed by atoms with Crippen molar-refractivity contribution in [2.24, 2.45) is 0 Å². The first-order valence-electron chi connectivity index (χ1n) is 7.37. The second-order valence-corrected chi connectivity index (χ2v) is 6.69. The molecule has 6 nitrogen and oxygen atoms in total. The number of thiazole rings is 1. The number of amides is 1. The Labute approximate surface area is 130 Å². The number of anilines is 2. The molecule has 0 aliphatic carbocycles. The number of carbonyl (C=O) groups excluding carboxylic acids is 1. The molecule has 21 heavy (non-hydrogen) atoms. The predicted octanol–water partition coefficient (Wildman–Crippen LogP) is 1.35. The Bertz CT molecular complexity index is 494. The lowest BCUT2D eigenvalue weighted by atomic mass is 10.0. The maximum Gasteiger partial charge on any atom is 0.267 e. The molecular weight excluding hydrogens is 286 g/mol. The van der Waals surface area contributed by atoms with Crippen LogP contribution in [0.25, 0.3) is 0 Å². The van der Waals surface area contributed by atoms with E-state index in [1.807, 2.05) is 23.8 Å². The molecule has 2 rings (SSSR count). The molecule has 1 aromatic heterocycles. The van der Waals surface area contributed by atoms with Crippen molar-refractivity contribution in [1.82, 2.24) is 14.8 Å². The van der Waals surface area contributed by atoms with Crippen molar-refractivity contribution in [2.75, 3.05) is 51.4 Å². The van der Waals surface area contributed by atoms with Gasteiger partial charge in [0.1, 0.15) is 10.7 Å². The summed E-state index contributed by atoms with van der Waals surface area (Å²) in [5, 5.41) is 0.807. The van der Waals surface area contributed by atoms with Crippen LogP contribution in [0.15, 0.2) is 0 Å². The van der Waals surface area contributed by atoms with Crippen LogP contribution in [-0.4, -0.2) is 67.5 Å². The minimum absolute atomic E-state index is 0.0259. The van der Waals surface area contributed by atoms with Gasteiger partial charge in [0.25, 0.3) is 5.91 Å². The largest absolute Gasteiger partial charge is 0.382 e. The van der Waals surface area contributed by atoms with Crippen LogP contribution < -0.4 is 10.6 Å². The summed E-state index contributed by atoms with van der Waals surface area (Å²) in [6.45, 7) is 4.47. The van der Waals surface area contributed by atoms with E-state index in [4.69, 9.17) is 5.73 Å². The normalized spacial score (nSPS) is 16.5. The van der Waals surface area contributed by atoms with Gasteiger partial charge < -0.3 is 20.4 Å². The van der Waals surface area contributed by atoms with Gasteiger partial charge in [0.15, 0.2) is 5.13 Å². The molecule has 118 valence electrons. The summed E-state index contributed by atoms with van der Waals surface area (Å²) in [5.74, 6) is 0.382. The average Bonchev–Trinajstić information content (AvgIpc) is 2.87. The first kappa shape index (κ1) is 16.0. The van der Waals surface area contributed by atoms with Crippen molar-refractivity contribution < 1.29 is 4.79 Å². The van der Waals surface area contributed by atoms with Gasteiger partial charge in [-0.05, 0) is 33.9 Å². The number of aromatic nitrogens is 1. The Morgan fingerprint density at radius 2 is 2.00 bits per heavy atom. The fraction of sp³-hybridized carbons (Fsp3) is 0.714. The van der Waals surface area contributed by atoms with E-state index in [9.17, 15) is 4.79 Å². The van der Waals surface area contributed by atoms with Gasteiger partial charge >= 0.3 is 0 Å². The van der Waals surface area contributed by atoms with Crippen LogP contribution in [0, 0.1) is 0 Å². The molecule has 0 spiro atoms. The second kappa shape index (κ2) is 6.62. The first-order valence-corrected chi connectivity index (χ1v) is 8.18. The van der Waals surface area contributed by atoms with Crippen LogP contribution in [0.2, 0.25) is 0 Å². The number of nitrogens with two attached hydrogens (primary N) is 1. The second-order valence-electron chi connectivity index (χ2n) is 5.71. The molecule has 0 atom stereocenters. The number of nitrogens with zero attached hydrogens (tertiary/aromatic N) is 4. The van der Waals surface area contributed by atoms with Gasteiger partial charge in [0.2, 0.25) is 0 Å². The zero-order chi connectivity index (χ0) is 15.6. The number of carbonyl (C=O) groups is 1. The average molecular weight is 311 g/mol. The molecule has 0 bridgehead atoms. The highest BCUT2D eigenvalue weighted by Gasteiger charge is 2.27. The van der Waals surface area contributed by atoms with E-state index in [0.29, 0.717) is 16.7 Å². The van der Waals surface area contributed by atoms with Crippen LogP contribution in [-0.2, 0) is 0 Å². The van der Waals surface area contributed by atoms with E-state index in [1.165, 1.54) is 11.3 Å². The molecule has 1 aliphatic heterocycles. The lowest BCUT2D eigenvalue weighted by molar-refractivity contribution is 0.0669. The van der Waals surface area contributed by atoms with Crippen molar-refractivity contribution in [3.05, 3.63) is 4.88 Å². The van der Waals surface area contributed by atoms with E-state index in [2.05, 4.69) is 24.0 Å². The molecule has 1 aromatic rings. The SMILES string of the molecule is CCN(C)c1nc(N)c(C(=O)N2CCC(N(C)C)CC2)s1. The predicted molar refractivity (Wildman–Crippen MR) is 88.1 cm³/mol. The van der Waals surface area contributed by atoms with Crippen LogP contribution in [0.1, 0.15) is 29.4 Å². The minimum Gasteiger partial charge on any atom is -0.382 e. The van der Waals surface area contributed by atoms with Gasteiger partial charge in [0, 0.05) is 32.7 Å². The molecule has 1 aliphatic rings. The van der Waals surface area contributed by atoms with Crippen molar-refractivity contribution in [3.63, 3.8) is 0 Å². The van der Waals surface area contributed by atoms with Crippen LogP contribution in [0.4, 0.5) is 10.9 Å². The van der Waals surface area contributed by atoms with Crippen molar-refractivity contribution in [3.8, 4) is 0 Å². The van der Waals surface area contributed by atoms with Crippen LogP contribution in [0.5, 0.6) is 0 Å². The van der Waals surface area contributed by atoms with E-state index < -0.39 is 0 Å². The third-order valence-corrected chi connectivity index (χ3v) is 5.29. The summed E-state index contributed by atoms with van der Waals surface area (Å²) in [6.07, 6.45) is 2.03. The molecule has 1 amide bonds. The van der Waals surface area contributed by atoms with E-state index in [-0.39, 0.29) is 5.91 Å². The summed E-state index contributed by atoms with van der Waals surface area (Å²) < 4.78 is 0. The van der Waals surface area contributed by atoms with Crippen LogP contribution >= 0.6 is 11.3 Å². The van der Waals surface area contributed by atoms with Gasteiger partial charge in [-0.15, -0.1) is 0 Å². The van der Waals surface area contributed by atoms with Gasteiger partial charge in [-0.3, -0.25) is 4.79 Å². The Morgan fingerprint density at radius 1 is 1.38 bits per heavy atom. The lowest BCUT2D eigenvalue weighted by Gasteiger charge is -2.35. The summed E-state index contributed by atoms with van der Waals surface area (Å²) in [4.78, 5) is 23.6. The minimum atomic E-state index is 0.0259. The fourth-order valence-corrected chi connectivity index (χ4v) is 3.48. The number of hydrogen-bond donors (Lipinski definition) is 1. The standard InChI is InChI=1S/C14H25N5OS/c1-5-18(4)14-16-12(15)11(21-14)13(20)19-8-6-10(7-9-19)17(2)3/h10H,5-9,15H2,1-4H3. The molecule has 2 N–H and O–H groups in total. The molecule has 0 radical (unpaired) electrons. The highest BCUT2D eigenvalue weighted by atomic mass is 32.1. The quantitative estimate of drug-likeness (QED) is 0.909. The Morgan fingerprint density at radius 3 is 2.52 bits per heavy atom. The highest BCUT2D eigenvalue weighted by Crippen LogP contribution is 2.29. The molecule has 2 heterocycles. The zero-order valence-corrected chi connectivity index (χ0v) is 14.1. The molecule has 0 aromatic carbocycles. The summed E-state index contributed by atoms with van der Waals surface area (Å²) >= 11 is 1.39. The third kappa shape index (κ3) is 3.47. The van der Waals surface area contributed by atoms with Gasteiger partial charge in [-0.2, -0.15) is 0 Å². The van der Waals surface area contributed by atoms with Gasteiger partial charge in [0.05, 0.1) is 0 Å². The number of rotatable bonds is 4. The summed E-state index contributed by atoms with van der Waals surface area (Å²) in [5.41, 5.74) is 5.93. The number of piperidine rings is 1. The number of likely N-dealkylation sites (tertiary alicyclic amines) is 1. The van der Waals surface area contributed by atoms with Crippen molar-refractivity contribution in [2.45, 2.75) is 25.8 Å². The number of hydrogen-bond acceptors (Lipinski definition) is 6. The van der Waals surface area contributed by atoms with Gasteiger partial charge in [-0.1, -0.05) is 11.3 Å². The van der Waals surface area contributed by atoms with Crippen molar-refractivity contribution >= 4 is 28.2 Å². The lowest BCUT2D eigenvalue weighted by Crippen LogP contribution is -2.44. The first-order chi connectivity index (χ1) is 9.93. The van der Waals surface area contributed by atoms with E-state index >= 15 is 0 Å². The summed E-state index contributed by atoms with van der Waals surface area (Å²) in [6, 6.07) is 0.564. The molecule has 1 saturated heterocycles.